The summed E-state index contributed by atoms with van der Waals surface area (Å²) < 4.78 is 0. The van der Waals surface area contributed by atoms with E-state index in [2.05, 4.69) is 23.8 Å². The summed E-state index contributed by atoms with van der Waals surface area (Å²) in [5.41, 5.74) is 8.07. The fourth-order valence-corrected chi connectivity index (χ4v) is 1.39. The van der Waals surface area contributed by atoms with Gasteiger partial charge in [0.1, 0.15) is 0 Å². The molecule has 1 heterocycles. The Morgan fingerprint density at radius 1 is 1.71 bits per heavy atom. The minimum atomic E-state index is 0.168. The summed E-state index contributed by atoms with van der Waals surface area (Å²) in [6.07, 6.45) is 5.48. The minimum absolute atomic E-state index is 0.168. The number of aromatic nitrogens is 1. The van der Waals surface area contributed by atoms with Crippen LogP contribution in [0.15, 0.2) is 31.1 Å². The summed E-state index contributed by atoms with van der Waals surface area (Å²) in [5, 5.41) is 3.29. The quantitative estimate of drug-likeness (QED) is 0.687. The van der Waals surface area contributed by atoms with Crippen molar-refractivity contribution in [1.82, 2.24) is 10.3 Å². The van der Waals surface area contributed by atoms with Crippen LogP contribution < -0.4 is 11.1 Å². The Morgan fingerprint density at radius 3 is 3.07 bits per heavy atom. The lowest BCUT2D eigenvalue weighted by atomic mass is 10.0. The van der Waals surface area contributed by atoms with Gasteiger partial charge in [-0.2, -0.15) is 0 Å². The van der Waals surface area contributed by atoms with Gasteiger partial charge in [0.15, 0.2) is 0 Å². The van der Waals surface area contributed by atoms with Crippen molar-refractivity contribution in [2.24, 2.45) is 5.73 Å². The van der Waals surface area contributed by atoms with Crippen molar-refractivity contribution in [2.45, 2.75) is 13.0 Å². The van der Waals surface area contributed by atoms with Crippen LogP contribution in [-0.4, -0.2) is 18.1 Å². The molecule has 0 saturated carbocycles. The second kappa shape index (κ2) is 5.52. The van der Waals surface area contributed by atoms with Crippen molar-refractivity contribution in [1.29, 1.82) is 0 Å². The van der Waals surface area contributed by atoms with Crippen molar-refractivity contribution >= 4 is 0 Å². The maximum atomic E-state index is 5.69. The molecule has 0 amide bonds. The molecular weight excluding hydrogens is 174 g/mol. The summed E-state index contributed by atoms with van der Waals surface area (Å²) in [7, 11) is 0. The van der Waals surface area contributed by atoms with Crippen LogP contribution in [0.3, 0.4) is 0 Å². The fourth-order valence-electron chi connectivity index (χ4n) is 1.39. The van der Waals surface area contributed by atoms with Crippen molar-refractivity contribution in [3.8, 4) is 0 Å². The highest BCUT2D eigenvalue weighted by Gasteiger charge is 2.10. The van der Waals surface area contributed by atoms with Gasteiger partial charge in [-0.1, -0.05) is 6.08 Å². The Kier molecular flexibility index (Phi) is 4.29. The maximum absolute atomic E-state index is 5.69. The van der Waals surface area contributed by atoms with Crippen molar-refractivity contribution in [2.75, 3.05) is 13.1 Å². The van der Waals surface area contributed by atoms with Crippen LogP contribution >= 0.6 is 0 Å². The SMILES string of the molecule is C=CCNC(CN)c1cnccc1C. The maximum Gasteiger partial charge on any atom is 0.0464 e. The van der Waals surface area contributed by atoms with E-state index >= 15 is 0 Å². The third-order valence-corrected chi connectivity index (χ3v) is 2.20. The second-order valence-electron chi connectivity index (χ2n) is 3.22. The molecule has 3 heteroatoms. The topological polar surface area (TPSA) is 50.9 Å². The van der Waals surface area contributed by atoms with Gasteiger partial charge in [0.05, 0.1) is 0 Å². The van der Waals surface area contributed by atoms with E-state index in [1.54, 1.807) is 6.20 Å². The Hall–Kier alpha value is -1.19. The number of hydrogen-bond donors (Lipinski definition) is 2. The van der Waals surface area contributed by atoms with Crippen molar-refractivity contribution in [3.05, 3.63) is 42.2 Å². The lowest BCUT2D eigenvalue weighted by Crippen LogP contribution is -2.28. The summed E-state index contributed by atoms with van der Waals surface area (Å²) in [4.78, 5) is 4.10. The predicted molar refractivity (Wildman–Crippen MR) is 59.0 cm³/mol. The molecule has 0 bridgehead atoms. The predicted octanol–water partition coefficient (Wildman–Crippen LogP) is 1.17. The Morgan fingerprint density at radius 2 is 2.50 bits per heavy atom. The van der Waals surface area contributed by atoms with Crippen LogP contribution in [-0.2, 0) is 0 Å². The average Bonchev–Trinajstić information content (AvgIpc) is 2.21. The van der Waals surface area contributed by atoms with E-state index in [-0.39, 0.29) is 6.04 Å². The first-order valence-corrected chi connectivity index (χ1v) is 4.74. The van der Waals surface area contributed by atoms with Crippen LogP contribution in [0.1, 0.15) is 17.2 Å². The van der Waals surface area contributed by atoms with Crippen LogP contribution in [0.4, 0.5) is 0 Å². The van der Waals surface area contributed by atoms with E-state index < -0.39 is 0 Å². The molecule has 1 aromatic heterocycles. The third kappa shape index (κ3) is 2.65. The largest absolute Gasteiger partial charge is 0.329 e. The third-order valence-electron chi connectivity index (χ3n) is 2.20. The zero-order chi connectivity index (χ0) is 10.4. The molecule has 0 radical (unpaired) electrons. The Bertz CT molecular complexity index is 296. The Labute approximate surface area is 85.0 Å². The van der Waals surface area contributed by atoms with Crippen LogP contribution in [0, 0.1) is 6.92 Å². The molecule has 0 aliphatic rings. The van der Waals surface area contributed by atoms with Crippen LogP contribution in [0.5, 0.6) is 0 Å². The van der Waals surface area contributed by atoms with Crippen LogP contribution in [0.25, 0.3) is 0 Å². The molecular formula is C11H17N3. The van der Waals surface area contributed by atoms with Crippen LogP contribution in [0.2, 0.25) is 0 Å². The standard InChI is InChI=1S/C11H17N3/c1-3-5-14-11(7-12)10-8-13-6-4-9(10)2/h3-4,6,8,11,14H,1,5,7,12H2,2H3. The summed E-state index contributed by atoms with van der Waals surface area (Å²) in [5.74, 6) is 0. The summed E-state index contributed by atoms with van der Waals surface area (Å²) >= 11 is 0. The first kappa shape index (κ1) is 10.9. The highest BCUT2D eigenvalue weighted by atomic mass is 14.9. The molecule has 0 fully saturated rings. The van der Waals surface area contributed by atoms with Crippen molar-refractivity contribution < 1.29 is 0 Å². The number of nitrogens with zero attached hydrogens (tertiary/aromatic N) is 1. The van der Waals surface area contributed by atoms with Gasteiger partial charge in [-0.15, -0.1) is 6.58 Å². The van der Waals surface area contributed by atoms with E-state index in [0.29, 0.717) is 6.54 Å². The van der Waals surface area contributed by atoms with Gasteiger partial charge in [0.25, 0.3) is 0 Å². The van der Waals surface area contributed by atoms with Gasteiger partial charge in [-0.25, -0.2) is 0 Å². The van der Waals surface area contributed by atoms with Gasteiger partial charge in [-0.3, -0.25) is 4.98 Å². The molecule has 3 nitrogen and oxygen atoms in total. The zero-order valence-electron chi connectivity index (χ0n) is 8.53. The molecule has 1 rings (SSSR count). The molecule has 14 heavy (non-hydrogen) atoms. The van der Waals surface area contributed by atoms with E-state index in [9.17, 15) is 0 Å². The van der Waals surface area contributed by atoms with Gasteiger partial charge in [0, 0.05) is 31.5 Å². The highest BCUT2D eigenvalue weighted by molar-refractivity contribution is 5.25. The van der Waals surface area contributed by atoms with E-state index in [4.69, 9.17) is 5.73 Å². The molecule has 0 saturated heterocycles. The molecule has 1 unspecified atom stereocenters. The number of hydrogen-bond acceptors (Lipinski definition) is 3. The lowest BCUT2D eigenvalue weighted by molar-refractivity contribution is 0.573. The number of pyridine rings is 1. The molecule has 3 N–H and O–H groups in total. The van der Waals surface area contributed by atoms with Crippen molar-refractivity contribution in [3.63, 3.8) is 0 Å². The monoisotopic (exact) mass is 191 g/mol. The highest BCUT2D eigenvalue weighted by Crippen LogP contribution is 2.14. The minimum Gasteiger partial charge on any atom is -0.329 e. The number of nitrogens with two attached hydrogens (primary N) is 1. The number of aryl methyl sites for hydroxylation is 1. The molecule has 76 valence electrons. The lowest BCUT2D eigenvalue weighted by Gasteiger charge is -2.17. The average molecular weight is 191 g/mol. The first-order valence-electron chi connectivity index (χ1n) is 4.74. The van der Waals surface area contributed by atoms with E-state index in [1.165, 1.54) is 5.56 Å². The second-order valence-corrected chi connectivity index (χ2v) is 3.22. The van der Waals surface area contributed by atoms with Gasteiger partial charge < -0.3 is 11.1 Å². The first-order chi connectivity index (χ1) is 6.79. The zero-order valence-corrected chi connectivity index (χ0v) is 8.53. The number of rotatable bonds is 5. The van der Waals surface area contributed by atoms with Gasteiger partial charge >= 0.3 is 0 Å². The summed E-state index contributed by atoms with van der Waals surface area (Å²) in [6.45, 7) is 7.06. The molecule has 1 aromatic rings. The summed E-state index contributed by atoms with van der Waals surface area (Å²) in [6, 6.07) is 2.16. The van der Waals surface area contributed by atoms with Gasteiger partial charge in [-0.05, 0) is 24.1 Å². The molecule has 0 aliphatic heterocycles. The molecule has 0 aliphatic carbocycles. The molecule has 0 aromatic carbocycles. The molecule has 0 spiro atoms. The Balaban J connectivity index is 2.78. The molecule has 1 atom stereocenters. The van der Waals surface area contributed by atoms with E-state index in [1.807, 2.05) is 18.3 Å². The normalized spacial score (nSPS) is 12.4. The number of nitrogens with one attached hydrogen (secondary N) is 1. The van der Waals surface area contributed by atoms with Gasteiger partial charge in [0.2, 0.25) is 0 Å². The van der Waals surface area contributed by atoms with E-state index in [0.717, 1.165) is 12.1 Å². The fraction of sp³-hybridized carbons (Fsp3) is 0.364. The smallest absolute Gasteiger partial charge is 0.0464 e.